The van der Waals surface area contributed by atoms with Gasteiger partial charge in [-0.25, -0.2) is 9.78 Å². The summed E-state index contributed by atoms with van der Waals surface area (Å²) in [4.78, 5) is 15.4. The van der Waals surface area contributed by atoms with Gasteiger partial charge in [-0.1, -0.05) is 11.6 Å². The number of carbonyl (C=O) groups excluding carboxylic acids is 1. The van der Waals surface area contributed by atoms with Crippen LogP contribution in [0.15, 0.2) is 18.3 Å². The number of anilines is 1. The molecule has 1 saturated carbocycles. The van der Waals surface area contributed by atoms with Crippen LogP contribution in [0.5, 0.6) is 0 Å². The highest BCUT2D eigenvalue weighted by Crippen LogP contribution is 2.19. The fourth-order valence-corrected chi connectivity index (χ4v) is 1.53. The lowest BCUT2D eigenvalue weighted by molar-refractivity contribution is 0.240. The summed E-state index contributed by atoms with van der Waals surface area (Å²) < 4.78 is 0. The van der Waals surface area contributed by atoms with E-state index in [0.717, 1.165) is 12.8 Å². The summed E-state index contributed by atoms with van der Waals surface area (Å²) in [5.41, 5.74) is 0. The Hall–Kier alpha value is -1.29. The highest BCUT2D eigenvalue weighted by atomic mass is 35.5. The molecule has 2 amide bonds. The topological polar surface area (TPSA) is 54.0 Å². The summed E-state index contributed by atoms with van der Waals surface area (Å²) in [5, 5.41) is 5.91. The number of hydrogen-bond acceptors (Lipinski definition) is 2. The Labute approximate surface area is 93.0 Å². The van der Waals surface area contributed by atoms with Crippen molar-refractivity contribution in [3.05, 3.63) is 23.4 Å². The van der Waals surface area contributed by atoms with Gasteiger partial charge in [0.05, 0.1) is 5.02 Å². The van der Waals surface area contributed by atoms with Crippen molar-refractivity contribution >= 4 is 23.4 Å². The van der Waals surface area contributed by atoms with E-state index >= 15 is 0 Å². The number of nitrogens with one attached hydrogen (secondary N) is 2. The molecule has 0 spiro atoms. The van der Waals surface area contributed by atoms with E-state index in [1.54, 1.807) is 18.3 Å². The first kappa shape index (κ1) is 10.2. The predicted octanol–water partition coefficient (Wildman–Crippen LogP) is 2.41. The number of amides is 2. The number of rotatable bonds is 2. The molecule has 1 aliphatic carbocycles. The second-order valence-electron chi connectivity index (χ2n) is 3.56. The molecular formula is C10H12ClN3O. The molecule has 0 saturated heterocycles. The van der Waals surface area contributed by atoms with Gasteiger partial charge in [0.2, 0.25) is 0 Å². The Morgan fingerprint density at radius 3 is 2.93 bits per heavy atom. The smallest absolute Gasteiger partial charge is 0.320 e. The zero-order valence-corrected chi connectivity index (χ0v) is 8.92. The minimum absolute atomic E-state index is 0.236. The second-order valence-corrected chi connectivity index (χ2v) is 3.97. The van der Waals surface area contributed by atoms with Crippen molar-refractivity contribution in [3.63, 3.8) is 0 Å². The first-order valence-electron chi connectivity index (χ1n) is 4.94. The van der Waals surface area contributed by atoms with Crippen molar-refractivity contribution in [2.24, 2.45) is 0 Å². The monoisotopic (exact) mass is 225 g/mol. The van der Waals surface area contributed by atoms with E-state index in [4.69, 9.17) is 11.6 Å². The lowest BCUT2D eigenvalue weighted by Crippen LogP contribution is -2.42. The van der Waals surface area contributed by atoms with Gasteiger partial charge in [-0.3, -0.25) is 5.32 Å². The fraction of sp³-hybridized carbons (Fsp3) is 0.400. The van der Waals surface area contributed by atoms with Crippen LogP contribution < -0.4 is 10.6 Å². The van der Waals surface area contributed by atoms with E-state index in [1.807, 2.05) is 0 Å². The molecule has 5 heteroatoms. The van der Waals surface area contributed by atoms with Crippen LogP contribution in [0, 0.1) is 0 Å². The SMILES string of the molecule is O=C(Nc1ncccc1Cl)NC1CCC1. The molecule has 1 fully saturated rings. The van der Waals surface area contributed by atoms with Gasteiger partial charge in [-0.15, -0.1) is 0 Å². The van der Waals surface area contributed by atoms with Crippen molar-refractivity contribution in [1.29, 1.82) is 0 Å². The summed E-state index contributed by atoms with van der Waals surface area (Å²) in [6.07, 6.45) is 4.90. The maximum atomic E-state index is 11.4. The molecule has 4 nitrogen and oxygen atoms in total. The van der Waals surface area contributed by atoms with Gasteiger partial charge in [0.15, 0.2) is 5.82 Å². The first-order valence-corrected chi connectivity index (χ1v) is 5.31. The van der Waals surface area contributed by atoms with Crippen molar-refractivity contribution in [2.75, 3.05) is 5.32 Å². The Kier molecular flexibility index (Phi) is 3.06. The normalized spacial score (nSPS) is 15.5. The molecule has 2 rings (SSSR count). The van der Waals surface area contributed by atoms with Crippen molar-refractivity contribution in [2.45, 2.75) is 25.3 Å². The molecule has 0 atom stereocenters. The minimum Gasteiger partial charge on any atom is -0.335 e. The Bertz CT molecular complexity index is 365. The van der Waals surface area contributed by atoms with Gasteiger partial charge >= 0.3 is 6.03 Å². The van der Waals surface area contributed by atoms with Gasteiger partial charge in [0.25, 0.3) is 0 Å². The minimum atomic E-state index is -0.236. The Morgan fingerprint density at radius 1 is 1.53 bits per heavy atom. The van der Waals surface area contributed by atoms with Crippen LogP contribution in [0.3, 0.4) is 0 Å². The molecular weight excluding hydrogens is 214 g/mol. The average molecular weight is 226 g/mol. The zero-order chi connectivity index (χ0) is 10.7. The molecule has 80 valence electrons. The molecule has 0 aliphatic heterocycles. The Morgan fingerprint density at radius 2 is 2.33 bits per heavy atom. The third kappa shape index (κ3) is 2.59. The largest absolute Gasteiger partial charge is 0.335 e. The van der Waals surface area contributed by atoms with Crippen LogP contribution in [0.1, 0.15) is 19.3 Å². The van der Waals surface area contributed by atoms with E-state index in [-0.39, 0.29) is 6.03 Å². The van der Waals surface area contributed by atoms with Gasteiger partial charge in [0, 0.05) is 12.2 Å². The summed E-state index contributed by atoms with van der Waals surface area (Å²) in [5.74, 6) is 0.399. The third-order valence-corrected chi connectivity index (χ3v) is 2.74. The molecule has 2 N–H and O–H groups in total. The molecule has 1 aromatic rings. The number of nitrogens with zero attached hydrogens (tertiary/aromatic N) is 1. The van der Waals surface area contributed by atoms with Crippen molar-refractivity contribution in [3.8, 4) is 0 Å². The van der Waals surface area contributed by atoms with E-state index in [2.05, 4.69) is 15.6 Å². The van der Waals surface area contributed by atoms with Crippen LogP contribution in [0.2, 0.25) is 5.02 Å². The average Bonchev–Trinajstić information content (AvgIpc) is 2.16. The highest BCUT2D eigenvalue weighted by molar-refractivity contribution is 6.33. The number of pyridine rings is 1. The van der Waals surface area contributed by atoms with E-state index in [0.29, 0.717) is 16.9 Å². The van der Waals surface area contributed by atoms with Gasteiger partial charge in [0.1, 0.15) is 0 Å². The number of urea groups is 1. The van der Waals surface area contributed by atoms with Gasteiger partial charge in [-0.05, 0) is 31.4 Å². The lowest BCUT2D eigenvalue weighted by atomic mass is 9.93. The molecule has 0 bridgehead atoms. The zero-order valence-electron chi connectivity index (χ0n) is 8.16. The molecule has 0 aromatic carbocycles. The third-order valence-electron chi connectivity index (χ3n) is 2.43. The standard InChI is InChI=1S/C10H12ClN3O/c11-8-5-2-6-12-9(8)14-10(15)13-7-3-1-4-7/h2,5-7H,1,3-4H2,(H2,12,13,14,15). The quantitative estimate of drug-likeness (QED) is 0.812. The fourth-order valence-electron chi connectivity index (χ4n) is 1.36. The molecule has 1 heterocycles. The number of aromatic nitrogens is 1. The second kappa shape index (κ2) is 4.49. The predicted molar refractivity (Wildman–Crippen MR) is 59.0 cm³/mol. The van der Waals surface area contributed by atoms with Crippen LogP contribution >= 0.6 is 11.6 Å². The summed E-state index contributed by atoms with van der Waals surface area (Å²) in [6.45, 7) is 0. The van der Waals surface area contributed by atoms with Crippen LogP contribution in [-0.4, -0.2) is 17.1 Å². The van der Waals surface area contributed by atoms with Crippen LogP contribution in [0.25, 0.3) is 0 Å². The lowest BCUT2D eigenvalue weighted by Gasteiger charge is -2.26. The number of halogens is 1. The summed E-state index contributed by atoms with van der Waals surface area (Å²) >= 11 is 5.85. The number of hydrogen-bond donors (Lipinski definition) is 2. The van der Waals surface area contributed by atoms with E-state index in [1.165, 1.54) is 6.42 Å². The van der Waals surface area contributed by atoms with E-state index < -0.39 is 0 Å². The molecule has 1 aliphatic rings. The molecule has 0 radical (unpaired) electrons. The maximum Gasteiger partial charge on any atom is 0.320 e. The molecule has 0 unspecified atom stereocenters. The molecule has 1 aromatic heterocycles. The summed E-state index contributed by atoms with van der Waals surface area (Å²) in [6, 6.07) is 3.48. The molecule has 15 heavy (non-hydrogen) atoms. The van der Waals surface area contributed by atoms with Gasteiger partial charge in [-0.2, -0.15) is 0 Å². The van der Waals surface area contributed by atoms with E-state index in [9.17, 15) is 4.79 Å². The first-order chi connectivity index (χ1) is 7.25. The van der Waals surface area contributed by atoms with Crippen molar-refractivity contribution in [1.82, 2.24) is 10.3 Å². The maximum absolute atomic E-state index is 11.4. The summed E-state index contributed by atoms with van der Waals surface area (Å²) in [7, 11) is 0. The van der Waals surface area contributed by atoms with Crippen molar-refractivity contribution < 1.29 is 4.79 Å². The van der Waals surface area contributed by atoms with Gasteiger partial charge < -0.3 is 5.32 Å². The number of carbonyl (C=O) groups is 1. The van der Waals surface area contributed by atoms with Crippen LogP contribution in [-0.2, 0) is 0 Å². The highest BCUT2D eigenvalue weighted by Gasteiger charge is 2.19. The van der Waals surface area contributed by atoms with Crippen LogP contribution in [0.4, 0.5) is 10.6 Å². The Balaban J connectivity index is 1.90.